The predicted molar refractivity (Wildman–Crippen MR) is 259 cm³/mol. The molecule has 3 unspecified atom stereocenters. The Bertz CT molecular complexity index is 2090. The normalized spacial score (nSPS) is 17.0. The molecule has 3 atom stereocenters. The number of nitrogens with zero attached hydrogens (tertiary/aromatic N) is 5. The summed E-state index contributed by atoms with van der Waals surface area (Å²) < 4.78 is 6.42. The van der Waals surface area contributed by atoms with E-state index in [2.05, 4.69) is 103 Å². The number of allylic oxidation sites excluding steroid dienone is 7. The van der Waals surface area contributed by atoms with E-state index >= 15 is 0 Å². The Labute approximate surface area is 377 Å². The summed E-state index contributed by atoms with van der Waals surface area (Å²) in [6.07, 6.45) is 8.40. The van der Waals surface area contributed by atoms with Crippen LogP contribution in [0.4, 0.5) is 0 Å². The zero-order chi connectivity index (χ0) is 45.7. The first-order valence-corrected chi connectivity index (χ1v) is 22.1. The SMILES string of the molecule is CC(=N)/C=C(/C)CC(O/C(C)=C\C(C)=NC(C)CCN(Cc1ccccc1)Cc1ccc(C)cc1)ON(O/C(C)=C\C(C)=N)O/C(C)=C\C(C)=NC1CCN(Cc2ccccc2)C1. The fraction of sp³-hybridized carbons (Fsp3) is 0.423. The molecular formula is C52H71N7O4. The molecule has 1 fully saturated rings. The van der Waals surface area contributed by atoms with Gasteiger partial charge in [0.25, 0.3) is 0 Å². The molecule has 0 spiro atoms. The maximum Gasteiger partial charge on any atom is 0.228 e. The van der Waals surface area contributed by atoms with Gasteiger partial charge < -0.3 is 25.2 Å². The Kier molecular flexibility index (Phi) is 20.9. The summed E-state index contributed by atoms with van der Waals surface area (Å²) in [5, 5.41) is 17.0. The molecule has 0 bridgehead atoms. The van der Waals surface area contributed by atoms with E-state index in [1.54, 1.807) is 32.9 Å². The van der Waals surface area contributed by atoms with E-state index in [-0.39, 0.29) is 12.1 Å². The minimum absolute atomic E-state index is 0.0751. The standard InChI is InChI=1S/C52H71N7O4/c1-38-21-23-50(24-22-38)36-57(34-48-17-13-11-14-18-48)27-25-42(5)55-43(6)32-45(8)60-52(30-39(2)29-40(3)53)63-59(61-46(9)31-41(4)54)62-47(10)33-44(7)56-51-26-28-58(37-51)35-49-19-15-12-16-20-49/h11-24,29,31-33,42,51-54H,25-28,30,34-37H2,1-10H3/b39-29-,45-32-,46-31-,47-33-,53-40?,54-41?,55-43?,56-44?. The van der Waals surface area contributed by atoms with Crippen molar-refractivity contribution in [2.75, 3.05) is 19.6 Å². The number of benzene rings is 3. The third-order valence-electron chi connectivity index (χ3n) is 10.1. The summed E-state index contributed by atoms with van der Waals surface area (Å²) in [5.41, 5.74) is 8.41. The summed E-state index contributed by atoms with van der Waals surface area (Å²) in [4.78, 5) is 33.3. The smallest absolute Gasteiger partial charge is 0.228 e. The molecule has 1 aliphatic heterocycles. The topological polar surface area (TPSA) is 119 Å². The molecule has 338 valence electrons. The van der Waals surface area contributed by atoms with E-state index in [1.807, 2.05) is 52.8 Å². The van der Waals surface area contributed by atoms with Crippen molar-refractivity contribution in [3.8, 4) is 0 Å². The molecule has 3 aromatic rings. The van der Waals surface area contributed by atoms with Crippen LogP contribution in [0, 0.1) is 17.7 Å². The van der Waals surface area contributed by atoms with E-state index < -0.39 is 6.29 Å². The van der Waals surface area contributed by atoms with Gasteiger partial charge in [-0.25, -0.2) is 0 Å². The number of hydrogen-bond donors (Lipinski definition) is 2. The van der Waals surface area contributed by atoms with Gasteiger partial charge in [-0.3, -0.25) is 19.8 Å². The number of nitrogens with one attached hydrogen (secondary N) is 2. The zero-order valence-electron chi connectivity index (χ0n) is 39.4. The first-order chi connectivity index (χ1) is 30.1. The van der Waals surface area contributed by atoms with Crippen LogP contribution in [0.25, 0.3) is 0 Å². The van der Waals surface area contributed by atoms with Gasteiger partial charge >= 0.3 is 0 Å². The number of aliphatic imine (C=N–C) groups is 2. The number of aryl methyl sites for hydroxylation is 1. The summed E-state index contributed by atoms with van der Waals surface area (Å²) in [6, 6.07) is 30.2. The fourth-order valence-electron chi connectivity index (χ4n) is 7.43. The fourth-order valence-corrected chi connectivity index (χ4v) is 7.43. The molecule has 1 aliphatic rings. The monoisotopic (exact) mass is 858 g/mol. The lowest BCUT2D eigenvalue weighted by Gasteiger charge is -2.26. The van der Waals surface area contributed by atoms with Crippen molar-refractivity contribution in [3.63, 3.8) is 0 Å². The highest BCUT2D eigenvalue weighted by molar-refractivity contribution is 5.93. The molecule has 0 saturated carbocycles. The highest BCUT2D eigenvalue weighted by Crippen LogP contribution is 2.21. The number of ether oxygens (including phenoxy) is 1. The van der Waals surface area contributed by atoms with Crippen molar-refractivity contribution in [3.05, 3.63) is 154 Å². The van der Waals surface area contributed by atoms with Gasteiger partial charge in [-0.05, 0) is 123 Å². The van der Waals surface area contributed by atoms with E-state index in [0.29, 0.717) is 35.1 Å². The predicted octanol–water partition coefficient (Wildman–Crippen LogP) is 11.5. The maximum absolute atomic E-state index is 8.05. The van der Waals surface area contributed by atoms with E-state index in [1.165, 1.54) is 22.3 Å². The molecule has 11 nitrogen and oxygen atoms in total. The first kappa shape index (κ1) is 50.2. The molecule has 3 aromatic carbocycles. The molecule has 1 saturated heterocycles. The average molecular weight is 858 g/mol. The lowest BCUT2D eigenvalue weighted by molar-refractivity contribution is -0.528. The van der Waals surface area contributed by atoms with Crippen LogP contribution < -0.4 is 0 Å². The van der Waals surface area contributed by atoms with E-state index in [4.69, 9.17) is 40.1 Å². The number of hydrogen-bond acceptors (Lipinski definition) is 11. The number of likely N-dealkylation sites (tertiary alicyclic amines) is 1. The van der Waals surface area contributed by atoms with Crippen LogP contribution >= 0.6 is 0 Å². The van der Waals surface area contributed by atoms with Crippen molar-refractivity contribution in [2.24, 2.45) is 9.98 Å². The van der Waals surface area contributed by atoms with Crippen molar-refractivity contribution in [2.45, 2.75) is 127 Å². The van der Waals surface area contributed by atoms with Crippen molar-refractivity contribution < 1.29 is 19.2 Å². The van der Waals surface area contributed by atoms with Gasteiger partial charge in [-0.2, -0.15) is 4.84 Å². The van der Waals surface area contributed by atoms with Gasteiger partial charge in [-0.15, -0.1) is 0 Å². The van der Waals surface area contributed by atoms with Gasteiger partial charge in [-0.1, -0.05) is 96.1 Å². The summed E-state index contributed by atoms with van der Waals surface area (Å²) in [6.45, 7) is 24.4. The van der Waals surface area contributed by atoms with Crippen LogP contribution in [0.3, 0.4) is 0 Å². The zero-order valence-corrected chi connectivity index (χ0v) is 39.4. The highest BCUT2D eigenvalue weighted by atomic mass is 17.2. The summed E-state index contributed by atoms with van der Waals surface area (Å²) in [5.74, 6) is 1.46. The van der Waals surface area contributed by atoms with Crippen LogP contribution in [-0.2, 0) is 38.9 Å². The van der Waals surface area contributed by atoms with Crippen molar-refractivity contribution in [1.82, 2.24) is 15.2 Å². The second kappa shape index (κ2) is 26.2. The molecule has 0 aliphatic carbocycles. The van der Waals surface area contributed by atoms with Crippen LogP contribution in [0.2, 0.25) is 0 Å². The Morgan fingerprint density at radius 1 is 0.730 bits per heavy atom. The quantitative estimate of drug-likeness (QED) is 0.0377. The van der Waals surface area contributed by atoms with Crippen molar-refractivity contribution in [1.29, 1.82) is 10.8 Å². The third kappa shape index (κ3) is 20.5. The first-order valence-electron chi connectivity index (χ1n) is 22.1. The molecular weight excluding hydrogens is 787 g/mol. The van der Waals surface area contributed by atoms with Gasteiger partial charge in [0.15, 0.2) is 5.39 Å². The Balaban J connectivity index is 1.45. The second-order valence-corrected chi connectivity index (χ2v) is 16.9. The van der Waals surface area contributed by atoms with Gasteiger partial charge in [0.05, 0.1) is 11.8 Å². The van der Waals surface area contributed by atoms with Gasteiger partial charge in [0.1, 0.15) is 11.5 Å². The van der Waals surface area contributed by atoms with E-state index in [9.17, 15) is 0 Å². The molecule has 4 rings (SSSR count). The Morgan fingerprint density at radius 3 is 1.92 bits per heavy atom. The molecule has 1 heterocycles. The minimum Gasteiger partial charge on any atom is -0.467 e. The lowest BCUT2D eigenvalue weighted by atomic mass is 10.1. The summed E-state index contributed by atoms with van der Waals surface area (Å²) >= 11 is 0. The molecule has 2 N–H and O–H groups in total. The Hall–Kier alpha value is -5.46. The van der Waals surface area contributed by atoms with Crippen LogP contribution in [0.1, 0.15) is 104 Å². The molecule has 0 aromatic heterocycles. The number of rotatable bonds is 25. The van der Waals surface area contributed by atoms with Crippen molar-refractivity contribution >= 4 is 22.8 Å². The molecule has 11 heteroatoms. The largest absolute Gasteiger partial charge is 0.467 e. The van der Waals surface area contributed by atoms with E-state index in [0.717, 1.165) is 74.5 Å². The Morgan fingerprint density at radius 2 is 1.30 bits per heavy atom. The molecule has 0 amide bonds. The van der Waals surface area contributed by atoms with Crippen LogP contribution in [-0.4, -0.2) is 76.0 Å². The van der Waals surface area contributed by atoms with Gasteiger partial charge in [0.2, 0.25) is 6.29 Å². The third-order valence-corrected chi connectivity index (χ3v) is 10.1. The molecule has 63 heavy (non-hydrogen) atoms. The maximum atomic E-state index is 8.05. The second-order valence-electron chi connectivity index (χ2n) is 16.9. The molecule has 0 radical (unpaired) electrons. The minimum atomic E-state index is -0.902. The average Bonchev–Trinajstić information content (AvgIpc) is 3.63. The highest BCUT2D eigenvalue weighted by Gasteiger charge is 2.24. The van der Waals surface area contributed by atoms with Crippen LogP contribution in [0.15, 0.2) is 142 Å². The summed E-state index contributed by atoms with van der Waals surface area (Å²) in [7, 11) is 0. The lowest BCUT2D eigenvalue weighted by Crippen LogP contribution is -2.31. The van der Waals surface area contributed by atoms with Crippen LogP contribution in [0.5, 0.6) is 0 Å². The van der Waals surface area contributed by atoms with Gasteiger partial charge in [0, 0.05) is 74.6 Å².